The van der Waals surface area contributed by atoms with Gasteiger partial charge >= 0.3 is 17.1 Å². The van der Waals surface area contributed by atoms with Crippen molar-refractivity contribution in [1.82, 2.24) is 0 Å². The van der Waals surface area contributed by atoms with E-state index in [9.17, 15) is 40.5 Å². The van der Waals surface area contributed by atoms with Crippen LogP contribution in [0.5, 0.6) is 11.5 Å². The van der Waals surface area contributed by atoms with Crippen molar-refractivity contribution in [2.24, 2.45) is 0 Å². The molecule has 2 rings (SSSR count). The van der Waals surface area contributed by atoms with E-state index in [1.165, 1.54) is 0 Å². The van der Waals surface area contributed by atoms with Crippen LogP contribution in [0.4, 0.5) is 22.7 Å². The molecule has 0 spiro atoms. The molecule has 13 nitrogen and oxygen atoms in total. The van der Waals surface area contributed by atoms with Crippen LogP contribution in [0.3, 0.4) is 0 Å². The molecule has 25 heavy (non-hydrogen) atoms. The standard InChI is InChI=1S/C12H6N4O9/c17-13(18)7-1-4-12(11(5-7)16(23)24)25-8-2-3-9(14(19)20)10(6-8)15(21)22/h1-6H. The van der Waals surface area contributed by atoms with Crippen molar-refractivity contribution < 1.29 is 24.4 Å². The predicted octanol–water partition coefficient (Wildman–Crippen LogP) is 3.11. The number of rotatable bonds is 6. The summed E-state index contributed by atoms with van der Waals surface area (Å²) in [6, 6.07) is 5.10. The first-order valence-electron chi connectivity index (χ1n) is 6.24. The van der Waals surface area contributed by atoms with Crippen molar-refractivity contribution in [3.8, 4) is 11.5 Å². The van der Waals surface area contributed by atoms with Gasteiger partial charge in [0, 0.05) is 12.1 Å². The van der Waals surface area contributed by atoms with Crippen LogP contribution in [0, 0.1) is 40.5 Å². The maximum absolute atomic E-state index is 11.0. The van der Waals surface area contributed by atoms with E-state index in [1.807, 2.05) is 0 Å². The first-order chi connectivity index (χ1) is 11.7. The minimum Gasteiger partial charge on any atom is -0.450 e. The van der Waals surface area contributed by atoms with Gasteiger partial charge in [-0.1, -0.05) is 0 Å². The van der Waals surface area contributed by atoms with Gasteiger partial charge in [-0.15, -0.1) is 0 Å². The van der Waals surface area contributed by atoms with Crippen molar-refractivity contribution in [2.45, 2.75) is 0 Å². The molecule has 0 radical (unpaired) electrons. The summed E-state index contributed by atoms with van der Waals surface area (Å²) in [5.74, 6) is -0.701. The highest BCUT2D eigenvalue weighted by atomic mass is 16.6. The molecule has 0 aromatic heterocycles. The Balaban J connectivity index is 2.48. The van der Waals surface area contributed by atoms with Crippen LogP contribution < -0.4 is 4.74 Å². The third-order valence-electron chi connectivity index (χ3n) is 2.92. The molecule has 0 fully saturated rings. The maximum Gasteiger partial charge on any atom is 0.349 e. The Hall–Kier alpha value is -4.16. The van der Waals surface area contributed by atoms with Crippen LogP contribution in [0.2, 0.25) is 0 Å². The number of non-ortho nitro benzene ring substituents is 1. The summed E-state index contributed by atoms with van der Waals surface area (Å²) in [5.41, 5.74) is -2.94. The second kappa shape index (κ2) is 6.53. The first-order valence-corrected chi connectivity index (χ1v) is 6.24. The number of hydrogen-bond donors (Lipinski definition) is 0. The molecular formula is C12H6N4O9. The average molecular weight is 350 g/mol. The summed E-state index contributed by atoms with van der Waals surface area (Å²) in [6.45, 7) is 0. The fraction of sp³-hybridized carbons (Fsp3) is 0. The smallest absolute Gasteiger partial charge is 0.349 e. The molecule has 0 aliphatic carbocycles. The van der Waals surface area contributed by atoms with Gasteiger partial charge in [0.25, 0.3) is 5.69 Å². The Morgan fingerprint density at radius 1 is 0.640 bits per heavy atom. The second-order valence-electron chi connectivity index (χ2n) is 4.43. The van der Waals surface area contributed by atoms with Gasteiger partial charge in [0.1, 0.15) is 5.75 Å². The van der Waals surface area contributed by atoms with Gasteiger partial charge in [-0.05, 0) is 12.1 Å². The van der Waals surface area contributed by atoms with E-state index >= 15 is 0 Å². The highest BCUT2D eigenvalue weighted by molar-refractivity contribution is 5.59. The summed E-state index contributed by atoms with van der Waals surface area (Å²) in [5, 5.41) is 43.3. The number of nitrogens with zero attached hydrogens (tertiary/aromatic N) is 4. The zero-order valence-electron chi connectivity index (χ0n) is 11.9. The van der Waals surface area contributed by atoms with Gasteiger partial charge in [0.15, 0.2) is 0 Å². The zero-order valence-corrected chi connectivity index (χ0v) is 11.9. The van der Waals surface area contributed by atoms with Crippen molar-refractivity contribution >= 4 is 22.7 Å². The van der Waals surface area contributed by atoms with Gasteiger partial charge < -0.3 is 4.74 Å². The van der Waals surface area contributed by atoms with E-state index in [1.54, 1.807) is 0 Å². The summed E-state index contributed by atoms with van der Waals surface area (Å²) in [6.07, 6.45) is 0. The van der Waals surface area contributed by atoms with Gasteiger partial charge in [0.2, 0.25) is 5.75 Å². The van der Waals surface area contributed by atoms with E-state index in [-0.39, 0.29) is 5.75 Å². The highest BCUT2D eigenvalue weighted by Gasteiger charge is 2.26. The van der Waals surface area contributed by atoms with Crippen LogP contribution in [-0.2, 0) is 0 Å². The molecule has 0 amide bonds. The predicted molar refractivity (Wildman–Crippen MR) is 79.6 cm³/mol. The van der Waals surface area contributed by atoms with Crippen molar-refractivity contribution in [2.75, 3.05) is 0 Å². The number of ether oxygens (including phenoxy) is 1. The van der Waals surface area contributed by atoms with E-state index in [2.05, 4.69) is 0 Å². The molecule has 0 atom stereocenters. The minimum atomic E-state index is -1.00. The zero-order chi connectivity index (χ0) is 18.7. The molecule has 2 aromatic carbocycles. The Kier molecular flexibility index (Phi) is 4.49. The Bertz CT molecular complexity index is 911. The molecule has 13 heteroatoms. The maximum atomic E-state index is 11.0. The molecule has 0 unspecified atom stereocenters. The highest BCUT2D eigenvalue weighted by Crippen LogP contribution is 2.37. The molecule has 0 bridgehead atoms. The van der Waals surface area contributed by atoms with Gasteiger partial charge in [-0.25, -0.2) is 0 Å². The first kappa shape index (κ1) is 17.2. The third-order valence-corrected chi connectivity index (χ3v) is 2.92. The molecular weight excluding hydrogens is 344 g/mol. The molecule has 128 valence electrons. The van der Waals surface area contributed by atoms with Crippen molar-refractivity contribution in [1.29, 1.82) is 0 Å². The van der Waals surface area contributed by atoms with Gasteiger partial charge in [-0.3, -0.25) is 40.5 Å². The summed E-state index contributed by atoms with van der Waals surface area (Å²) in [4.78, 5) is 39.6. The topological polar surface area (TPSA) is 182 Å². The lowest BCUT2D eigenvalue weighted by molar-refractivity contribution is -0.422. The number of nitro benzene ring substituents is 4. The van der Waals surface area contributed by atoms with E-state index in [4.69, 9.17) is 4.74 Å². The Labute approximate surface area is 136 Å². The van der Waals surface area contributed by atoms with Crippen LogP contribution >= 0.6 is 0 Å². The SMILES string of the molecule is O=[N+]([O-])c1ccc(Oc2ccc([N+](=O)[O-])c([N+](=O)[O-])c2)c([N+](=O)[O-])c1. The molecule has 0 N–H and O–H groups in total. The Morgan fingerprint density at radius 2 is 1.24 bits per heavy atom. The summed E-state index contributed by atoms with van der Waals surface area (Å²) < 4.78 is 5.14. The van der Waals surface area contributed by atoms with Crippen LogP contribution in [0.15, 0.2) is 36.4 Å². The molecule has 2 aromatic rings. The fourth-order valence-corrected chi connectivity index (χ4v) is 1.84. The van der Waals surface area contributed by atoms with Crippen molar-refractivity contribution in [3.05, 3.63) is 76.9 Å². The average Bonchev–Trinajstić information content (AvgIpc) is 2.54. The normalized spacial score (nSPS) is 10.1. The Morgan fingerprint density at radius 3 is 1.76 bits per heavy atom. The number of benzene rings is 2. The molecule has 0 saturated carbocycles. The lowest BCUT2D eigenvalue weighted by atomic mass is 10.2. The quantitative estimate of drug-likeness (QED) is 0.558. The van der Waals surface area contributed by atoms with E-state index in [0.29, 0.717) is 6.07 Å². The third kappa shape index (κ3) is 3.61. The summed E-state index contributed by atoms with van der Waals surface area (Å²) >= 11 is 0. The van der Waals surface area contributed by atoms with E-state index in [0.717, 1.165) is 30.3 Å². The van der Waals surface area contributed by atoms with E-state index < -0.39 is 48.2 Å². The van der Waals surface area contributed by atoms with Crippen LogP contribution in [0.25, 0.3) is 0 Å². The lowest BCUT2D eigenvalue weighted by Crippen LogP contribution is -1.98. The lowest BCUT2D eigenvalue weighted by Gasteiger charge is -2.06. The van der Waals surface area contributed by atoms with Gasteiger partial charge in [0.05, 0.1) is 31.8 Å². The minimum absolute atomic E-state index is 0.283. The molecule has 0 aliphatic rings. The second-order valence-corrected chi connectivity index (χ2v) is 4.43. The van der Waals surface area contributed by atoms with Crippen molar-refractivity contribution in [3.63, 3.8) is 0 Å². The fourth-order valence-electron chi connectivity index (χ4n) is 1.84. The van der Waals surface area contributed by atoms with Crippen LogP contribution in [-0.4, -0.2) is 19.7 Å². The largest absolute Gasteiger partial charge is 0.450 e. The van der Waals surface area contributed by atoms with Crippen LogP contribution in [0.1, 0.15) is 0 Å². The number of nitro groups is 4. The number of hydrogen-bond acceptors (Lipinski definition) is 9. The molecule has 0 saturated heterocycles. The molecule has 0 heterocycles. The molecule has 0 aliphatic heterocycles. The monoisotopic (exact) mass is 350 g/mol. The summed E-state index contributed by atoms with van der Waals surface area (Å²) in [7, 11) is 0. The van der Waals surface area contributed by atoms with Gasteiger partial charge in [-0.2, -0.15) is 0 Å².